The van der Waals surface area contributed by atoms with Crippen LogP contribution >= 0.6 is 11.3 Å². The Morgan fingerprint density at radius 2 is 1.77 bits per heavy atom. The van der Waals surface area contributed by atoms with Gasteiger partial charge in [0.1, 0.15) is 0 Å². The predicted molar refractivity (Wildman–Crippen MR) is 122 cm³/mol. The van der Waals surface area contributed by atoms with Gasteiger partial charge in [0.25, 0.3) is 11.8 Å². The Morgan fingerprint density at radius 3 is 2.45 bits per heavy atom. The van der Waals surface area contributed by atoms with Gasteiger partial charge in [0.2, 0.25) is 0 Å². The number of nitrogens with zero attached hydrogens (tertiary/aromatic N) is 3. The van der Waals surface area contributed by atoms with Crippen LogP contribution in [0.4, 0.5) is 10.8 Å². The van der Waals surface area contributed by atoms with Gasteiger partial charge in [0.15, 0.2) is 5.13 Å². The Morgan fingerprint density at radius 1 is 1.00 bits per heavy atom. The van der Waals surface area contributed by atoms with E-state index in [9.17, 15) is 9.59 Å². The summed E-state index contributed by atoms with van der Waals surface area (Å²) in [5.74, 6) is -0.473. The quantitative estimate of drug-likeness (QED) is 0.452. The first-order valence-electron chi connectivity index (χ1n) is 9.85. The Kier molecular flexibility index (Phi) is 6.18. The number of benzene rings is 2. The second-order valence-electron chi connectivity index (χ2n) is 6.82. The SMILES string of the molecule is CCc1c(C(=O)Nc2ccc(C(=O)Nc3nccs3)cc2)cnn1Cc1ccccc1. The van der Waals surface area contributed by atoms with Gasteiger partial charge in [0.05, 0.1) is 24.0 Å². The van der Waals surface area contributed by atoms with Crippen molar-refractivity contribution in [2.24, 2.45) is 0 Å². The highest BCUT2D eigenvalue weighted by Crippen LogP contribution is 2.17. The van der Waals surface area contributed by atoms with Crippen LogP contribution in [0.15, 0.2) is 72.4 Å². The number of thiazole rings is 1. The van der Waals surface area contributed by atoms with Crippen LogP contribution in [0, 0.1) is 0 Å². The fourth-order valence-corrected chi connectivity index (χ4v) is 3.75. The number of aromatic nitrogens is 3. The Hall–Kier alpha value is -3.78. The zero-order chi connectivity index (χ0) is 21.6. The zero-order valence-corrected chi connectivity index (χ0v) is 17.7. The molecule has 0 radical (unpaired) electrons. The summed E-state index contributed by atoms with van der Waals surface area (Å²) >= 11 is 1.35. The minimum atomic E-state index is -0.247. The molecule has 0 saturated carbocycles. The zero-order valence-electron chi connectivity index (χ0n) is 16.9. The highest BCUT2D eigenvalue weighted by molar-refractivity contribution is 7.13. The highest BCUT2D eigenvalue weighted by Gasteiger charge is 2.17. The molecule has 0 aliphatic rings. The van der Waals surface area contributed by atoms with Gasteiger partial charge in [-0.2, -0.15) is 5.10 Å². The van der Waals surface area contributed by atoms with Gasteiger partial charge in [0, 0.05) is 22.8 Å². The molecule has 156 valence electrons. The maximum Gasteiger partial charge on any atom is 0.259 e. The van der Waals surface area contributed by atoms with Crippen LogP contribution in [-0.4, -0.2) is 26.6 Å². The van der Waals surface area contributed by atoms with E-state index in [0.717, 1.165) is 11.3 Å². The fraction of sp³-hybridized carbons (Fsp3) is 0.130. The summed E-state index contributed by atoms with van der Waals surface area (Å²) < 4.78 is 1.86. The van der Waals surface area contributed by atoms with Crippen LogP contribution < -0.4 is 10.6 Å². The van der Waals surface area contributed by atoms with E-state index >= 15 is 0 Å². The summed E-state index contributed by atoms with van der Waals surface area (Å²) in [5.41, 5.74) is 3.63. The van der Waals surface area contributed by atoms with E-state index in [1.54, 1.807) is 42.0 Å². The van der Waals surface area contributed by atoms with Crippen molar-refractivity contribution in [3.05, 3.63) is 94.8 Å². The number of hydrogen-bond acceptors (Lipinski definition) is 5. The second kappa shape index (κ2) is 9.36. The molecule has 0 aliphatic heterocycles. The van der Waals surface area contributed by atoms with Crippen molar-refractivity contribution in [2.75, 3.05) is 10.6 Å². The summed E-state index contributed by atoms with van der Waals surface area (Å²) in [4.78, 5) is 29.1. The molecule has 31 heavy (non-hydrogen) atoms. The molecule has 2 amide bonds. The molecule has 7 nitrogen and oxygen atoms in total. The molecule has 0 spiro atoms. The average Bonchev–Trinajstić information content (AvgIpc) is 3.44. The molecule has 0 aliphatic carbocycles. The lowest BCUT2D eigenvalue weighted by Crippen LogP contribution is -2.15. The monoisotopic (exact) mass is 431 g/mol. The third-order valence-electron chi connectivity index (χ3n) is 4.76. The Labute approximate surface area is 183 Å². The number of amides is 2. The smallest absolute Gasteiger partial charge is 0.259 e. The number of anilines is 2. The number of rotatable bonds is 7. The summed E-state index contributed by atoms with van der Waals surface area (Å²) in [6.45, 7) is 2.62. The fourth-order valence-electron chi connectivity index (χ4n) is 3.22. The third kappa shape index (κ3) is 4.87. The summed E-state index contributed by atoms with van der Waals surface area (Å²) in [7, 11) is 0. The highest BCUT2D eigenvalue weighted by atomic mass is 32.1. The molecule has 0 bridgehead atoms. The van der Waals surface area contributed by atoms with E-state index in [1.165, 1.54) is 11.3 Å². The maximum atomic E-state index is 12.8. The van der Waals surface area contributed by atoms with Crippen LogP contribution in [0.1, 0.15) is 38.9 Å². The van der Waals surface area contributed by atoms with Gasteiger partial charge in [-0.3, -0.25) is 19.6 Å². The number of nitrogens with one attached hydrogen (secondary N) is 2. The summed E-state index contributed by atoms with van der Waals surface area (Å²) in [5, 5.41) is 12.4. The first-order valence-corrected chi connectivity index (χ1v) is 10.7. The lowest BCUT2D eigenvalue weighted by Gasteiger charge is -2.09. The van der Waals surface area contributed by atoms with Crippen LogP contribution in [-0.2, 0) is 13.0 Å². The minimum Gasteiger partial charge on any atom is -0.322 e. The van der Waals surface area contributed by atoms with Crippen LogP contribution in [0.25, 0.3) is 0 Å². The minimum absolute atomic E-state index is 0.226. The predicted octanol–water partition coefficient (Wildman–Crippen LogP) is 4.45. The van der Waals surface area contributed by atoms with E-state index in [0.29, 0.717) is 34.9 Å². The van der Waals surface area contributed by atoms with Crippen LogP contribution in [0.2, 0.25) is 0 Å². The van der Waals surface area contributed by atoms with Crippen molar-refractivity contribution in [1.29, 1.82) is 0 Å². The molecule has 4 rings (SSSR count). The molecule has 4 aromatic rings. The van der Waals surface area contributed by atoms with E-state index < -0.39 is 0 Å². The van der Waals surface area contributed by atoms with E-state index in [4.69, 9.17) is 0 Å². The Bertz CT molecular complexity index is 1170. The molecule has 2 aromatic heterocycles. The number of carbonyl (C=O) groups excluding carboxylic acids is 2. The van der Waals surface area contributed by atoms with Gasteiger partial charge in [-0.1, -0.05) is 37.3 Å². The summed E-state index contributed by atoms with van der Waals surface area (Å²) in [6, 6.07) is 16.7. The molecule has 0 atom stereocenters. The van der Waals surface area contributed by atoms with E-state index in [-0.39, 0.29) is 11.8 Å². The third-order valence-corrected chi connectivity index (χ3v) is 5.45. The topological polar surface area (TPSA) is 88.9 Å². The normalized spacial score (nSPS) is 10.6. The van der Waals surface area contributed by atoms with Gasteiger partial charge in [-0.25, -0.2) is 4.98 Å². The largest absolute Gasteiger partial charge is 0.322 e. The molecule has 0 saturated heterocycles. The molecule has 0 fully saturated rings. The van der Waals surface area contributed by atoms with Crippen LogP contribution in [0.5, 0.6) is 0 Å². The van der Waals surface area contributed by atoms with Gasteiger partial charge >= 0.3 is 0 Å². The number of carbonyl (C=O) groups is 2. The molecule has 2 heterocycles. The molecular formula is C23H21N5O2S. The van der Waals surface area contributed by atoms with Crippen LogP contribution in [0.3, 0.4) is 0 Å². The van der Waals surface area contributed by atoms with Crippen molar-refractivity contribution in [3.8, 4) is 0 Å². The first kappa shape index (κ1) is 20.5. The van der Waals surface area contributed by atoms with Crippen molar-refractivity contribution in [1.82, 2.24) is 14.8 Å². The van der Waals surface area contributed by atoms with Crippen molar-refractivity contribution < 1.29 is 9.59 Å². The molecule has 0 unspecified atom stereocenters. The lowest BCUT2D eigenvalue weighted by molar-refractivity contribution is 0.101. The second-order valence-corrected chi connectivity index (χ2v) is 7.72. The van der Waals surface area contributed by atoms with Gasteiger partial charge in [-0.05, 0) is 36.2 Å². The molecular weight excluding hydrogens is 410 g/mol. The molecule has 8 heteroatoms. The molecule has 2 aromatic carbocycles. The van der Waals surface area contributed by atoms with E-state index in [2.05, 4.69) is 20.7 Å². The molecule has 2 N–H and O–H groups in total. The van der Waals surface area contributed by atoms with Crippen molar-refractivity contribution in [3.63, 3.8) is 0 Å². The average molecular weight is 432 g/mol. The van der Waals surface area contributed by atoms with Crippen molar-refractivity contribution >= 4 is 34.0 Å². The standard InChI is InChI=1S/C23H21N5O2S/c1-2-20-19(14-25-28(20)15-16-6-4-3-5-7-16)22(30)26-18-10-8-17(9-11-18)21(29)27-23-24-12-13-31-23/h3-14H,2,15H2,1H3,(H,26,30)(H,24,27,29). The van der Waals surface area contributed by atoms with E-state index in [1.807, 2.05) is 41.9 Å². The van der Waals surface area contributed by atoms with Gasteiger partial charge in [-0.15, -0.1) is 11.3 Å². The Balaban J connectivity index is 1.44. The van der Waals surface area contributed by atoms with Crippen molar-refractivity contribution in [2.45, 2.75) is 19.9 Å². The maximum absolute atomic E-state index is 12.8. The number of hydrogen-bond donors (Lipinski definition) is 2. The lowest BCUT2D eigenvalue weighted by atomic mass is 10.1. The first-order chi connectivity index (χ1) is 15.1. The summed E-state index contributed by atoms with van der Waals surface area (Å²) in [6.07, 6.45) is 3.92. The van der Waals surface area contributed by atoms with Gasteiger partial charge < -0.3 is 5.32 Å².